The second-order valence-electron chi connectivity index (χ2n) is 9.49. The Morgan fingerprint density at radius 2 is 1.30 bits per heavy atom. The number of hydrogen-bond acceptors (Lipinski definition) is 4. The Hall–Kier alpha value is -4.43. The van der Waals surface area contributed by atoms with Gasteiger partial charge in [0, 0.05) is 20.0 Å². The minimum atomic E-state index is -4.09. The van der Waals surface area contributed by atoms with Gasteiger partial charge in [0.2, 0.25) is 11.8 Å². The zero-order valence-electron chi connectivity index (χ0n) is 22.6. The Kier molecular flexibility index (Phi) is 9.35. The Labute approximate surface area is 236 Å². The third kappa shape index (κ3) is 6.95. The second kappa shape index (κ2) is 13.1. The van der Waals surface area contributed by atoms with Crippen molar-refractivity contribution in [3.05, 3.63) is 132 Å². The number of nitrogens with one attached hydrogen (secondary N) is 1. The molecule has 0 aliphatic rings. The van der Waals surface area contributed by atoms with Gasteiger partial charge in [-0.05, 0) is 42.3 Å². The van der Waals surface area contributed by atoms with Gasteiger partial charge in [0.25, 0.3) is 10.0 Å². The maximum atomic E-state index is 14.2. The number of carbonyl (C=O) groups is 2. The molecule has 0 aromatic heterocycles. The first kappa shape index (κ1) is 28.6. The molecule has 40 heavy (non-hydrogen) atoms. The van der Waals surface area contributed by atoms with E-state index < -0.39 is 28.5 Å². The molecule has 4 aromatic carbocycles. The summed E-state index contributed by atoms with van der Waals surface area (Å²) in [6.07, 6.45) is 0.273. The Morgan fingerprint density at radius 3 is 1.88 bits per heavy atom. The molecule has 0 aliphatic heterocycles. The van der Waals surface area contributed by atoms with Gasteiger partial charge in [0.05, 0.1) is 10.6 Å². The van der Waals surface area contributed by atoms with Crippen LogP contribution in [-0.2, 0) is 32.6 Å². The Bertz CT molecular complexity index is 1510. The van der Waals surface area contributed by atoms with Gasteiger partial charge in [-0.2, -0.15) is 0 Å². The first-order chi connectivity index (χ1) is 19.3. The summed E-state index contributed by atoms with van der Waals surface area (Å²) in [5, 5.41) is 2.69. The maximum absolute atomic E-state index is 14.2. The SMILES string of the molecule is CNC(=O)C(Cc1ccccc1)N(Cc1ccc(C)cc1)C(=O)CN(c1ccccc1)S(=O)(=O)c1ccccc1. The third-order valence-electron chi connectivity index (χ3n) is 6.65. The monoisotopic (exact) mass is 555 g/mol. The quantitative estimate of drug-likeness (QED) is 0.294. The topological polar surface area (TPSA) is 86.8 Å². The standard InChI is InChI=1S/C32H33N3O4S/c1-25-18-20-27(21-19-25)23-34(30(32(37)33-2)22-26-12-6-3-7-13-26)31(36)24-35(28-14-8-4-9-15-28)40(38,39)29-16-10-5-11-17-29/h3-21,30H,22-24H2,1-2H3,(H,33,37). The van der Waals surface area contributed by atoms with Crippen LogP contribution in [0, 0.1) is 6.92 Å². The lowest BCUT2D eigenvalue weighted by Crippen LogP contribution is -2.53. The highest BCUT2D eigenvalue weighted by atomic mass is 32.2. The average molecular weight is 556 g/mol. The molecule has 206 valence electrons. The summed E-state index contributed by atoms with van der Waals surface area (Å²) in [5.41, 5.74) is 3.14. The third-order valence-corrected chi connectivity index (χ3v) is 8.43. The van der Waals surface area contributed by atoms with E-state index in [2.05, 4.69) is 5.32 Å². The van der Waals surface area contributed by atoms with E-state index in [1.165, 1.54) is 24.1 Å². The van der Waals surface area contributed by atoms with Crippen LogP contribution in [0.2, 0.25) is 0 Å². The molecule has 0 saturated carbocycles. The Morgan fingerprint density at radius 1 is 0.750 bits per heavy atom. The number of anilines is 1. The molecular weight excluding hydrogens is 522 g/mol. The number of benzene rings is 4. The lowest BCUT2D eigenvalue weighted by molar-refractivity contribution is -0.139. The molecule has 0 aliphatic carbocycles. The van der Waals surface area contributed by atoms with E-state index in [4.69, 9.17) is 0 Å². The molecular formula is C32H33N3O4S. The van der Waals surface area contributed by atoms with Gasteiger partial charge in [-0.15, -0.1) is 0 Å². The lowest BCUT2D eigenvalue weighted by atomic mass is 10.0. The van der Waals surface area contributed by atoms with Crippen molar-refractivity contribution in [3.8, 4) is 0 Å². The van der Waals surface area contributed by atoms with Crippen LogP contribution in [-0.4, -0.2) is 44.8 Å². The smallest absolute Gasteiger partial charge is 0.264 e. The molecule has 7 nitrogen and oxygen atoms in total. The van der Waals surface area contributed by atoms with Crippen LogP contribution >= 0.6 is 0 Å². The molecule has 4 aromatic rings. The van der Waals surface area contributed by atoms with Crippen molar-refractivity contribution in [1.82, 2.24) is 10.2 Å². The van der Waals surface area contributed by atoms with Crippen molar-refractivity contribution in [2.24, 2.45) is 0 Å². The summed E-state index contributed by atoms with van der Waals surface area (Å²) >= 11 is 0. The van der Waals surface area contributed by atoms with Crippen LogP contribution in [0.1, 0.15) is 16.7 Å². The molecule has 1 N–H and O–H groups in total. The number of hydrogen-bond donors (Lipinski definition) is 1. The van der Waals surface area contributed by atoms with E-state index in [1.807, 2.05) is 61.5 Å². The van der Waals surface area contributed by atoms with E-state index in [9.17, 15) is 18.0 Å². The van der Waals surface area contributed by atoms with Crippen LogP contribution < -0.4 is 9.62 Å². The first-order valence-corrected chi connectivity index (χ1v) is 14.5. The number of nitrogens with zero attached hydrogens (tertiary/aromatic N) is 2. The van der Waals surface area contributed by atoms with Gasteiger partial charge in [0.15, 0.2) is 0 Å². The van der Waals surface area contributed by atoms with Gasteiger partial charge in [-0.3, -0.25) is 13.9 Å². The summed E-state index contributed by atoms with van der Waals surface area (Å²) in [6.45, 7) is 1.63. The molecule has 8 heteroatoms. The second-order valence-corrected chi connectivity index (χ2v) is 11.3. The number of amides is 2. The molecule has 2 amide bonds. The van der Waals surface area contributed by atoms with Crippen LogP contribution in [0.25, 0.3) is 0 Å². The predicted octanol–water partition coefficient (Wildman–Crippen LogP) is 4.58. The van der Waals surface area contributed by atoms with Crippen LogP contribution in [0.4, 0.5) is 5.69 Å². The highest BCUT2D eigenvalue weighted by Gasteiger charge is 2.34. The number of para-hydroxylation sites is 1. The lowest BCUT2D eigenvalue weighted by Gasteiger charge is -2.33. The first-order valence-electron chi connectivity index (χ1n) is 13.0. The van der Waals surface area contributed by atoms with Gasteiger partial charge in [0.1, 0.15) is 12.6 Å². The summed E-state index contributed by atoms with van der Waals surface area (Å²) in [6, 6.07) is 32.9. The Balaban J connectivity index is 1.76. The molecule has 0 bridgehead atoms. The van der Waals surface area contributed by atoms with Crippen molar-refractivity contribution < 1.29 is 18.0 Å². The van der Waals surface area contributed by atoms with Gasteiger partial charge >= 0.3 is 0 Å². The van der Waals surface area contributed by atoms with Gasteiger partial charge in [-0.1, -0.05) is 96.6 Å². The zero-order chi connectivity index (χ0) is 28.5. The molecule has 0 radical (unpaired) electrons. The summed E-state index contributed by atoms with van der Waals surface area (Å²) in [7, 11) is -2.55. The molecule has 1 unspecified atom stereocenters. The summed E-state index contributed by atoms with van der Waals surface area (Å²) < 4.78 is 28.7. The maximum Gasteiger partial charge on any atom is 0.264 e. The number of rotatable bonds is 11. The fourth-order valence-corrected chi connectivity index (χ4v) is 5.89. The fourth-order valence-electron chi connectivity index (χ4n) is 4.45. The van der Waals surface area contributed by atoms with E-state index in [0.29, 0.717) is 5.69 Å². The molecule has 0 fully saturated rings. The van der Waals surface area contributed by atoms with E-state index in [1.54, 1.807) is 48.5 Å². The summed E-state index contributed by atoms with van der Waals surface area (Å²) in [4.78, 5) is 29.0. The van der Waals surface area contributed by atoms with Gasteiger partial charge in [-0.25, -0.2) is 8.42 Å². The average Bonchev–Trinajstić information content (AvgIpc) is 2.99. The number of likely N-dealkylation sites (N-methyl/N-ethyl adjacent to an activating group) is 1. The van der Waals surface area contributed by atoms with Crippen molar-refractivity contribution in [2.45, 2.75) is 30.8 Å². The fraction of sp³-hybridized carbons (Fsp3) is 0.188. The highest BCUT2D eigenvalue weighted by Crippen LogP contribution is 2.25. The largest absolute Gasteiger partial charge is 0.357 e. The van der Waals surface area contributed by atoms with Gasteiger partial charge < -0.3 is 10.2 Å². The highest BCUT2D eigenvalue weighted by molar-refractivity contribution is 7.92. The molecule has 0 saturated heterocycles. The molecule has 1 atom stereocenters. The van der Waals surface area contributed by atoms with E-state index in [0.717, 1.165) is 21.0 Å². The minimum Gasteiger partial charge on any atom is -0.357 e. The molecule has 0 spiro atoms. The summed E-state index contributed by atoms with van der Waals surface area (Å²) in [5.74, 6) is -0.824. The van der Waals surface area contributed by atoms with Crippen molar-refractivity contribution >= 4 is 27.5 Å². The van der Waals surface area contributed by atoms with Crippen LogP contribution in [0.15, 0.2) is 120 Å². The molecule has 4 rings (SSSR count). The van der Waals surface area contributed by atoms with Crippen molar-refractivity contribution in [2.75, 3.05) is 17.9 Å². The number of aryl methyl sites for hydroxylation is 1. The van der Waals surface area contributed by atoms with E-state index >= 15 is 0 Å². The van der Waals surface area contributed by atoms with E-state index in [-0.39, 0.29) is 23.8 Å². The number of sulfonamides is 1. The predicted molar refractivity (Wildman–Crippen MR) is 157 cm³/mol. The van der Waals surface area contributed by atoms with Crippen LogP contribution in [0.3, 0.4) is 0 Å². The molecule has 0 heterocycles. The van der Waals surface area contributed by atoms with Crippen LogP contribution in [0.5, 0.6) is 0 Å². The number of carbonyl (C=O) groups excluding carboxylic acids is 2. The zero-order valence-corrected chi connectivity index (χ0v) is 23.4. The minimum absolute atomic E-state index is 0.0730. The van der Waals surface area contributed by atoms with Crippen molar-refractivity contribution in [3.63, 3.8) is 0 Å². The normalized spacial score (nSPS) is 11.8. The van der Waals surface area contributed by atoms with Crippen molar-refractivity contribution in [1.29, 1.82) is 0 Å².